The molecule has 0 spiro atoms. The van der Waals surface area contributed by atoms with Gasteiger partial charge in [-0.1, -0.05) is 6.92 Å². The van der Waals surface area contributed by atoms with Crippen molar-refractivity contribution in [1.82, 2.24) is 4.90 Å². The van der Waals surface area contributed by atoms with Gasteiger partial charge >= 0.3 is 0 Å². The summed E-state index contributed by atoms with van der Waals surface area (Å²) < 4.78 is 5.41. The van der Waals surface area contributed by atoms with Crippen LogP contribution in [0.25, 0.3) is 6.08 Å². The first kappa shape index (κ1) is 17.3. The number of rotatable bonds is 5. The molecule has 1 aromatic carbocycles. The Balaban J connectivity index is 1.53. The third-order valence-corrected chi connectivity index (χ3v) is 4.48. The van der Waals surface area contributed by atoms with E-state index in [2.05, 4.69) is 34.2 Å². The number of piperazine rings is 1. The Hall–Kier alpha value is -2.53. The fraction of sp³-hybridized carbons (Fsp3) is 0.350. The maximum absolute atomic E-state index is 12.0. The third-order valence-electron chi connectivity index (χ3n) is 4.48. The van der Waals surface area contributed by atoms with Gasteiger partial charge in [0.05, 0.1) is 0 Å². The van der Waals surface area contributed by atoms with Crippen molar-refractivity contribution in [3.63, 3.8) is 0 Å². The van der Waals surface area contributed by atoms with Gasteiger partial charge < -0.3 is 19.5 Å². The summed E-state index contributed by atoms with van der Waals surface area (Å²) in [6.45, 7) is 9.49. The van der Waals surface area contributed by atoms with E-state index in [9.17, 15) is 4.79 Å². The van der Waals surface area contributed by atoms with Crippen LogP contribution < -0.4 is 10.2 Å². The number of benzene rings is 1. The second-order valence-corrected chi connectivity index (χ2v) is 6.24. The monoisotopic (exact) mass is 339 g/mol. The lowest BCUT2D eigenvalue weighted by atomic mass is 10.2. The van der Waals surface area contributed by atoms with Crippen molar-refractivity contribution in [2.45, 2.75) is 13.8 Å². The van der Waals surface area contributed by atoms with Crippen LogP contribution in [0.1, 0.15) is 18.4 Å². The van der Waals surface area contributed by atoms with Crippen molar-refractivity contribution >= 4 is 23.4 Å². The SMILES string of the molecule is CCN1CCN(c2ccc(NC(=O)C=Cc3ccc(C)o3)cc2)CC1. The molecule has 0 atom stereocenters. The van der Waals surface area contributed by atoms with Crippen LogP contribution in [0.3, 0.4) is 0 Å². The third kappa shape index (κ3) is 4.73. The summed E-state index contributed by atoms with van der Waals surface area (Å²) in [5.41, 5.74) is 2.00. The first-order chi connectivity index (χ1) is 12.1. The summed E-state index contributed by atoms with van der Waals surface area (Å²) >= 11 is 0. The molecule has 0 saturated carbocycles. The second kappa shape index (κ2) is 8.03. The molecular formula is C20H25N3O2. The van der Waals surface area contributed by atoms with Crippen molar-refractivity contribution in [1.29, 1.82) is 0 Å². The summed E-state index contributed by atoms with van der Waals surface area (Å²) in [4.78, 5) is 16.8. The molecule has 5 nitrogen and oxygen atoms in total. The average molecular weight is 339 g/mol. The minimum atomic E-state index is -0.168. The molecule has 2 heterocycles. The second-order valence-electron chi connectivity index (χ2n) is 6.24. The highest BCUT2D eigenvalue weighted by atomic mass is 16.3. The highest BCUT2D eigenvalue weighted by molar-refractivity contribution is 6.01. The van der Waals surface area contributed by atoms with Crippen molar-refractivity contribution < 1.29 is 9.21 Å². The van der Waals surface area contributed by atoms with Gasteiger partial charge in [0.25, 0.3) is 0 Å². The van der Waals surface area contributed by atoms with Crippen LogP contribution in [-0.4, -0.2) is 43.5 Å². The van der Waals surface area contributed by atoms with E-state index < -0.39 is 0 Å². The number of nitrogens with zero attached hydrogens (tertiary/aromatic N) is 2. The quantitative estimate of drug-likeness (QED) is 0.849. The Morgan fingerprint density at radius 1 is 1.12 bits per heavy atom. The van der Waals surface area contributed by atoms with Crippen molar-refractivity contribution in [2.24, 2.45) is 0 Å². The molecule has 1 N–H and O–H groups in total. The average Bonchev–Trinajstić information content (AvgIpc) is 3.06. The van der Waals surface area contributed by atoms with E-state index in [0.717, 1.165) is 44.2 Å². The predicted molar refractivity (Wildman–Crippen MR) is 102 cm³/mol. The zero-order valence-electron chi connectivity index (χ0n) is 14.9. The number of aryl methyl sites for hydroxylation is 1. The molecule has 0 aliphatic carbocycles. The maximum Gasteiger partial charge on any atom is 0.248 e. The van der Waals surface area contributed by atoms with Crippen LogP contribution in [0.2, 0.25) is 0 Å². The van der Waals surface area contributed by atoms with E-state index in [1.54, 1.807) is 6.08 Å². The summed E-state index contributed by atoms with van der Waals surface area (Å²) in [5, 5.41) is 2.87. The van der Waals surface area contributed by atoms with Gasteiger partial charge in [-0.2, -0.15) is 0 Å². The Bertz CT molecular complexity index is 726. The van der Waals surface area contributed by atoms with Crippen LogP contribution in [-0.2, 0) is 4.79 Å². The van der Waals surface area contributed by atoms with Crippen molar-refractivity contribution in [3.05, 3.63) is 54.0 Å². The molecule has 1 saturated heterocycles. The molecule has 0 radical (unpaired) electrons. The summed E-state index contributed by atoms with van der Waals surface area (Å²) in [5.74, 6) is 1.34. The predicted octanol–water partition coefficient (Wildman–Crippen LogP) is 3.38. The number of hydrogen-bond acceptors (Lipinski definition) is 4. The van der Waals surface area contributed by atoms with Crippen molar-refractivity contribution in [2.75, 3.05) is 42.9 Å². The highest BCUT2D eigenvalue weighted by Crippen LogP contribution is 2.19. The molecule has 1 aromatic heterocycles. The van der Waals surface area contributed by atoms with Crippen LogP contribution in [0.15, 0.2) is 46.9 Å². The standard InChI is InChI=1S/C20H25N3O2/c1-3-22-12-14-23(15-13-22)18-7-5-17(6-8-18)21-20(24)11-10-19-9-4-16(2)25-19/h4-11H,3,12-15H2,1-2H3,(H,21,24). The normalized spacial score (nSPS) is 15.7. The van der Waals surface area contributed by atoms with Crippen LogP contribution in [0, 0.1) is 6.92 Å². The minimum absolute atomic E-state index is 0.168. The molecule has 1 amide bonds. The molecule has 2 aromatic rings. The Morgan fingerprint density at radius 3 is 2.44 bits per heavy atom. The van der Waals surface area contributed by atoms with Crippen LogP contribution in [0.5, 0.6) is 0 Å². The van der Waals surface area contributed by atoms with Gasteiger partial charge in [0.15, 0.2) is 0 Å². The molecule has 25 heavy (non-hydrogen) atoms. The zero-order valence-corrected chi connectivity index (χ0v) is 14.9. The summed E-state index contributed by atoms with van der Waals surface area (Å²) in [6, 6.07) is 11.7. The maximum atomic E-state index is 12.0. The number of furan rings is 1. The fourth-order valence-electron chi connectivity index (χ4n) is 2.96. The number of anilines is 2. The number of amides is 1. The van der Waals surface area contributed by atoms with Gasteiger partial charge in [0, 0.05) is 43.6 Å². The Labute approximate surface area is 148 Å². The van der Waals surface area contributed by atoms with Gasteiger partial charge in [-0.25, -0.2) is 0 Å². The molecular weight excluding hydrogens is 314 g/mol. The van der Waals surface area contributed by atoms with Crippen molar-refractivity contribution in [3.8, 4) is 0 Å². The largest absolute Gasteiger partial charge is 0.462 e. The summed E-state index contributed by atoms with van der Waals surface area (Å²) in [7, 11) is 0. The molecule has 3 rings (SSSR count). The van der Waals surface area contributed by atoms with E-state index in [1.807, 2.05) is 31.2 Å². The topological polar surface area (TPSA) is 48.7 Å². The molecule has 0 bridgehead atoms. The Morgan fingerprint density at radius 2 is 1.84 bits per heavy atom. The highest BCUT2D eigenvalue weighted by Gasteiger charge is 2.15. The number of carbonyl (C=O) groups is 1. The molecule has 1 fully saturated rings. The number of likely N-dealkylation sites (N-methyl/N-ethyl adjacent to an activating group) is 1. The molecule has 5 heteroatoms. The van der Waals surface area contributed by atoms with E-state index in [4.69, 9.17) is 4.42 Å². The first-order valence-electron chi connectivity index (χ1n) is 8.77. The van der Waals surface area contributed by atoms with Gasteiger partial charge in [0.2, 0.25) is 5.91 Å². The van der Waals surface area contributed by atoms with Gasteiger partial charge in [-0.15, -0.1) is 0 Å². The lowest BCUT2D eigenvalue weighted by Crippen LogP contribution is -2.46. The molecule has 132 valence electrons. The molecule has 0 unspecified atom stereocenters. The number of nitrogens with one attached hydrogen (secondary N) is 1. The molecule has 1 aliphatic heterocycles. The lowest BCUT2D eigenvalue weighted by molar-refractivity contribution is -0.111. The minimum Gasteiger partial charge on any atom is -0.462 e. The van der Waals surface area contributed by atoms with Gasteiger partial charge in [0.1, 0.15) is 11.5 Å². The van der Waals surface area contributed by atoms with Gasteiger partial charge in [-0.3, -0.25) is 4.79 Å². The van der Waals surface area contributed by atoms with E-state index in [1.165, 1.54) is 11.8 Å². The first-order valence-corrected chi connectivity index (χ1v) is 8.77. The van der Waals surface area contributed by atoms with E-state index in [0.29, 0.717) is 5.76 Å². The van der Waals surface area contributed by atoms with E-state index >= 15 is 0 Å². The Kier molecular flexibility index (Phi) is 5.56. The van der Waals surface area contributed by atoms with Crippen LogP contribution >= 0.6 is 0 Å². The summed E-state index contributed by atoms with van der Waals surface area (Å²) in [6.07, 6.45) is 3.15. The number of carbonyl (C=O) groups excluding carboxylic acids is 1. The smallest absolute Gasteiger partial charge is 0.248 e. The lowest BCUT2D eigenvalue weighted by Gasteiger charge is -2.35. The fourth-order valence-corrected chi connectivity index (χ4v) is 2.96. The van der Waals surface area contributed by atoms with Crippen LogP contribution in [0.4, 0.5) is 11.4 Å². The van der Waals surface area contributed by atoms with E-state index in [-0.39, 0.29) is 5.91 Å². The zero-order chi connectivity index (χ0) is 17.6. The number of hydrogen-bond donors (Lipinski definition) is 1. The molecule has 1 aliphatic rings. The van der Waals surface area contributed by atoms with Gasteiger partial charge in [-0.05, 0) is 55.9 Å².